The molecule has 3 aromatic rings. The molecule has 0 unspecified atom stereocenters. The van der Waals surface area contributed by atoms with Crippen LogP contribution in [0.5, 0.6) is 0 Å². The van der Waals surface area contributed by atoms with Gasteiger partial charge in [-0.2, -0.15) is 13.2 Å². The van der Waals surface area contributed by atoms with E-state index in [1.165, 1.54) is 23.9 Å². The zero-order valence-electron chi connectivity index (χ0n) is 14.1. The number of rotatable bonds is 6. The second-order valence-corrected chi connectivity index (χ2v) is 6.62. The van der Waals surface area contributed by atoms with Crippen LogP contribution in [0.1, 0.15) is 24.5 Å². The van der Waals surface area contributed by atoms with E-state index in [1.807, 2.05) is 16.7 Å². The van der Waals surface area contributed by atoms with Crippen molar-refractivity contribution in [1.29, 1.82) is 0 Å². The Balaban J connectivity index is 1.81. The summed E-state index contributed by atoms with van der Waals surface area (Å²) in [5.74, 6) is 1.13. The summed E-state index contributed by atoms with van der Waals surface area (Å²) >= 11 is 1.38. The maximum Gasteiger partial charge on any atom is 0.416 e. The van der Waals surface area contributed by atoms with E-state index in [-0.39, 0.29) is 0 Å². The average molecular weight is 378 g/mol. The fourth-order valence-corrected chi connectivity index (χ4v) is 3.43. The van der Waals surface area contributed by atoms with Crippen molar-refractivity contribution in [2.24, 2.45) is 0 Å². The molecule has 0 N–H and O–H groups in total. The summed E-state index contributed by atoms with van der Waals surface area (Å²) in [5, 5.41) is 9.18. The molecule has 0 saturated carbocycles. The Kier molecular flexibility index (Phi) is 5.61. The molecule has 1 aromatic carbocycles. The van der Waals surface area contributed by atoms with Gasteiger partial charge >= 0.3 is 6.18 Å². The quantitative estimate of drug-likeness (QED) is 0.562. The van der Waals surface area contributed by atoms with Crippen molar-refractivity contribution in [3.8, 4) is 11.4 Å². The van der Waals surface area contributed by atoms with Crippen LogP contribution in [0.3, 0.4) is 0 Å². The molecule has 3 rings (SSSR count). The molecule has 0 spiro atoms. The maximum atomic E-state index is 12.8. The Labute approximate surface area is 153 Å². The van der Waals surface area contributed by atoms with E-state index in [4.69, 9.17) is 0 Å². The van der Waals surface area contributed by atoms with Crippen LogP contribution in [0.4, 0.5) is 13.2 Å². The maximum absolute atomic E-state index is 12.8. The summed E-state index contributed by atoms with van der Waals surface area (Å²) in [4.78, 5) is 4.00. The topological polar surface area (TPSA) is 43.6 Å². The van der Waals surface area contributed by atoms with E-state index in [0.717, 1.165) is 30.4 Å². The summed E-state index contributed by atoms with van der Waals surface area (Å²) in [5.41, 5.74) is 0.872. The van der Waals surface area contributed by atoms with Crippen molar-refractivity contribution in [2.45, 2.75) is 37.0 Å². The lowest BCUT2D eigenvalue weighted by Gasteiger charge is -2.10. The lowest BCUT2D eigenvalue weighted by atomic mass is 10.1. The van der Waals surface area contributed by atoms with Gasteiger partial charge in [-0.05, 0) is 30.2 Å². The Hall–Kier alpha value is -2.35. The van der Waals surface area contributed by atoms with Gasteiger partial charge < -0.3 is 4.57 Å². The van der Waals surface area contributed by atoms with Crippen LogP contribution >= 0.6 is 11.8 Å². The zero-order chi connectivity index (χ0) is 18.6. The van der Waals surface area contributed by atoms with E-state index in [2.05, 4.69) is 22.1 Å². The van der Waals surface area contributed by atoms with Gasteiger partial charge in [-0.25, -0.2) is 0 Å². The third-order valence-corrected chi connectivity index (χ3v) is 4.76. The molecule has 136 valence electrons. The van der Waals surface area contributed by atoms with Crippen LogP contribution in [-0.2, 0) is 18.5 Å². The number of halogens is 3. The lowest BCUT2D eigenvalue weighted by Crippen LogP contribution is -2.05. The van der Waals surface area contributed by atoms with Crippen molar-refractivity contribution in [3.05, 3.63) is 59.9 Å². The molecular formula is C18H17F3N4S. The smallest absolute Gasteiger partial charge is 0.302 e. The molecule has 2 aromatic heterocycles. The number of aromatic nitrogens is 4. The van der Waals surface area contributed by atoms with Crippen molar-refractivity contribution in [2.75, 3.05) is 0 Å². The summed E-state index contributed by atoms with van der Waals surface area (Å²) in [6.07, 6.45) is -0.0594. The van der Waals surface area contributed by atoms with Gasteiger partial charge in [0.05, 0.1) is 5.56 Å². The predicted octanol–water partition coefficient (Wildman–Crippen LogP) is 5.06. The molecule has 0 bridgehead atoms. The van der Waals surface area contributed by atoms with E-state index >= 15 is 0 Å². The van der Waals surface area contributed by atoms with Crippen LogP contribution in [0.15, 0.2) is 53.9 Å². The van der Waals surface area contributed by atoms with Gasteiger partial charge in [0.15, 0.2) is 11.0 Å². The van der Waals surface area contributed by atoms with E-state index in [9.17, 15) is 13.2 Å². The van der Waals surface area contributed by atoms with Crippen LogP contribution < -0.4 is 0 Å². The Morgan fingerprint density at radius 2 is 1.85 bits per heavy atom. The van der Waals surface area contributed by atoms with Crippen LogP contribution in [-0.4, -0.2) is 19.7 Å². The SMILES string of the molecule is CCCn1c(SCc2cccc(C(F)(F)F)c2)nnc1-c1ccncc1. The third-order valence-electron chi connectivity index (χ3n) is 3.72. The number of hydrogen-bond acceptors (Lipinski definition) is 4. The molecule has 26 heavy (non-hydrogen) atoms. The van der Waals surface area contributed by atoms with Gasteiger partial charge in [0.1, 0.15) is 0 Å². The molecule has 0 aliphatic rings. The van der Waals surface area contributed by atoms with Gasteiger partial charge in [-0.3, -0.25) is 4.98 Å². The fourth-order valence-electron chi connectivity index (χ4n) is 2.52. The third kappa shape index (κ3) is 4.24. The Morgan fingerprint density at radius 1 is 1.08 bits per heavy atom. The van der Waals surface area contributed by atoms with Gasteiger partial charge in [0, 0.05) is 30.3 Å². The molecule has 2 heterocycles. The van der Waals surface area contributed by atoms with Gasteiger partial charge in [0.25, 0.3) is 0 Å². The number of benzene rings is 1. The number of thioether (sulfide) groups is 1. The highest BCUT2D eigenvalue weighted by Crippen LogP contribution is 2.31. The number of hydrogen-bond donors (Lipinski definition) is 0. The number of nitrogens with zero attached hydrogens (tertiary/aromatic N) is 4. The monoisotopic (exact) mass is 378 g/mol. The van der Waals surface area contributed by atoms with Crippen molar-refractivity contribution in [1.82, 2.24) is 19.7 Å². The first-order valence-electron chi connectivity index (χ1n) is 8.11. The molecule has 0 atom stereocenters. The minimum Gasteiger partial charge on any atom is -0.302 e. The van der Waals surface area contributed by atoms with Crippen LogP contribution in [0.2, 0.25) is 0 Å². The molecule has 4 nitrogen and oxygen atoms in total. The molecule has 0 radical (unpaired) electrons. The number of alkyl halides is 3. The zero-order valence-corrected chi connectivity index (χ0v) is 14.9. The molecule has 0 amide bonds. The molecule has 0 fully saturated rings. The minimum atomic E-state index is -4.34. The number of pyridine rings is 1. The normalized spacial score (nSPS) is 11.7. The second-order valence-electron chi connectivity index (χ2n) is 5.68. The minimum absolute atomic E-state index is 0.391. The standard InChI is InChI=1S/C18H17F3N4S/c1-2-10-25-16(14-6-8-22-9-7-14)23-24-17(25)26-12-13-4-3-5-15(11-13)18(19,20)21/h3-9,11H,2,10,12H2,1H3. The van der Waals surface area contributed by atoms with E-state index in [1.54, 1.807) is 18.5 Å². The van der Waals surface area contributed by atoms with E-state index < -0.39 is 11.7 Å². The first-order chi connectivity index (χ1) is 12.5. The van der Waals surface area contributed by atoms with Gasteiger partial charge in [-0.1, -0.05) is 36.9 Å². The average Bonchev–Trinajstić information content (AvgIpc) is 3.03. The van der Waals surface area contributed by atoms with Crippen molar-refractivity contribution >= 4 is 11.8 Å². The molecular weight excluding hydrogens is 361 g/mol. The molecule has 0 saturated heterocycles. The van der Waals surface area contributed by atoms with Gasteiger partial charge in [0.2, 0.25) is 0 Å². The first kappa shape index (κ1) is 18.4. The molecule has 8 heteroatoms. The van der Waals surface area contributed by atoms with Crippen LogP contribution in [0.25, 0.3) is 11.4 Å². The lowest BCUT2D eigenvalue weighted by molar-refractivity contribution is -0.137. The van der Waals surface area contributed by atoms with Gasteiger partial charge in [-0.15, -0.1) is 10.2 Å². The highest BCUT2D eigenvalue weighted by Gasteiger charge is 2.30. The summed E-state index contributed by atoms with van der Waals surface area (Å²) in [6, 6.07) is 9.09. The second kappa shape index (κ2) is 7.90. The summed E-state index contributed by atoms with van der Waals surface area (Å²) in [7, 11) is 0. The van der Waals surface area contributed by atoms with Crippen molar-refractivity contribution in [3.63, 3.8) is 0 Å². The van der Waals surface area contributed by atoms with E-state index in [0.29, 0.717) is 16.5 Å². The molecule has 0 aliphatic carbocycles. The van der Waals surface area contributed by atoms with Crippen molar-refractivity contribution < 1.29 is 13.2 Å². The Bertz CT molecular complexity index is 862. The Morgan fingerprint density at radius 3 is 2.54 bits per heavy atom. The predicted molar refractivity (Wildman–Crippen MR) is 94.5 cm³/mol. The highest BCUT2D eigenvalue weighted by atomic mass is 32.2. The fraction of sp³-hybridized carbons (Fsp3) is 0.278. The van der Waals surface area contributed by atoms with Crippen LogP contribution in [0, 0.1) is 0 Å². The molecule has 0 aliphatic heterocycles. The summed E-state index contributed by atoms with van der Waals surface area (Å²) < 4.78 is 40.5. The summed E-state index contributed by atoms with van der Waals surface area (Å²) in [6.45, 7) is 2.78. The first-order valence-corrected chi connectivity index (χ1v) is 9.10. The highest BCUT2D eigenvalue weighted by molar-refractivity contribution is 7.98. The largest absolute Gasteiger partial charge is 0.416 e.